The Morgan fingerprint density at radius 3 is 2.48 bits per heavy atom. The van der Waals surface area contributed by atoms with Gasteiger partial charge in [0, 0.05) is 11.7 Å². The fraction of sp³-hybridized carbons (Fsp3) is 0.211. The van der Waals surface area contributed by atoms with Gasteiger partial charge in [-0.3, -0.25) is 9.36 Å². The second kappa shape index (κ2) is 8.30. The maximum absolute atomic E-state index is 14.1. The first-order valence-electron chi connectivity index (χ1n) is 8.33. The highest BCUT2D eigenvalue weighted by atomic mass is 32.2. The molecule has 0 aliphatic rings. The third kappa shape index (κ3) is 4.51. The molecule has 1 amide bonds. The van der Waals surface area contributed by atoms with Gasteiger partial charge in [-0.15, -0.1) is 10.2 Å². The van der Waals surface area contributed by atoms with Gasteiger partial charge in [-0.2, -0.15) is 0 Å². The summed E-state index contributed by atoms with van der Waals surface area (Å²) in [5.74, 6) is -0.480. The molecule has 0 radical (unpaired) electrons. The molecule has 1 N–H and O–H groups in total. The number of thioether (sulfide) groups is 1. The van der Waals surface area contributed by atoms with Crippen molar-refractivity contribution < 1.29 is 13.6 Å². The predicted octanol–water partition coefficient (Wildman–Crippen LogP) is 4.54. The molecule has 3 aromatic rings. The summed E-state index contributed by atoms with van der Waals surface area (Å²) in [6.07, 6.45) is 0. The highest BCUT2D eigenvalue weighted by Gasteiger charge is 2.19. The maximum atomic E-state index is 14.1. The first-order chi connectivity index (χ1) is 13.0. The number of aromatic nitrogens is 3. The number of amides is 1. The summed E-state index contributed by atoms with van der Waals surface area (Å²) in [6.45, 7) is 3.88. The molecule has 0 aliphatic carbocycles. The summed E-state index contributed by atoms with van der Waals surface area (Å²) in [6, 6.07) is 11.9. The van der Waals surface area contributed by atoms with Crippen LogP contribution in [-0.2, 0) is 4.79 Å². The van der Waals surface area contributed by atoms with Crippen LogP contribution < -0.4 is 5.32 Å². The van der Waals surface area contributed by atoms with Gasteiger partial charge in [0.15, 0.2) is 11.0 Å². The van der Waals surface area contributed by atoms with Crippen molar-refractivity contribution in [2.24, 2.45) is 0 Å². The smallest absolute Gasteiger partial charge is 0.234 e. The van der Waals surface area contributed by atoms with Crippen LogP contribution in [0.1, 0.15) is 19.9 Å². The van der Waals surface area contributed by atoms with E-state index in [-0.39, 0.29) is 29.3 Å². The first-order valence-corrected chi connectivity index (χ1v) is 9.32. The molecule has 27 heavy (non-hydrogen) atoms. The Bertz CT molecular complexity index is 941. The SMILES string of the molecule is CC(C)n1c(SCC(=O)Nc2ccc(F)cc2)nnc1-c1ccccc1F. The van der Waals surface area contributed by atoms with Crippen LogP contribution in [0.3, 0.4) is 0 Å². The number of hydrogen-bond acceptors (Lipinski definition) is 4. The Labute approximate surface area is 159 Å². The normalized spacial score (nSPS) is 11.0. The van der Waals surface area contributed by atoms with E-state index < -0.39 is 0 Å². The second-order valence-electron chi connectivity index (χ2n) is 6.09. The third-order valence-corrected chi connectivity index (χ3v) is 4.70. The van der Waals surface area contributed by atoms with Gasteiger partial charge in [0.1, 0.15) is 11.6 Å². The average Bonchev–Trinajstić information content (AvgIpc) is 3.06. The zero-order valence-corrected chi connectivity index (χ0v) is 15.6. The minimum atomic E-state index is -0.377. The average molecular weight is 388 g/mol. The Morgan fingerprint density at radius 1 is 1.11 bits per heavy atom. The lowest BCUT2D eigenvalue weighted by Crippen LogP contribution is -2.15. The van der Waals surface area contributed by atoms with Crippen LogP contribution in [0.25, 0.3) is 11.4 Å². The van der Waals surface area contributed by atoms with Crippen molar-refractivity contribution in [2.45, 2.75) is 25.0 Å². The maximum Gasteiger partial charge on any atom is 0.234 e. The molecule has 1 heterocycles. The predicted molar refractivity (Wildman–Crippen MR) is 102 cm³/mol. The van der Waals surface area contributed by atoms with Crippen LogP contribution in [0.5, 0.6) is 0 Å². The minimum Gasteiger partial charge on any atom is -0.325 e. The molecule has 0 atom stereocenters. The molecule has 140 valence electrons. The van der Waals surface area contributed by atoms with Gasteiger partial charge in [0.05, 0.1) is 11.3 Å². The molecule has 0 spiro atoms. The van der Waals surface area contributed by atoms with E-state index in [9.17, 15) is 13.6 Å². The molecule has 0 saturated carbocycles. The van der Waals surface area contributed by atoms with Crippen LogP contribution in [-0.4, -0.2) is 26.4 Å². The molecule has 2 aromatic carbocycles. The molecule has 5 nitrogen and oxygen atoms in total. The highest BCUT2D eigenvalue weighted by Crippen LogP contribution is 2.29. The molecular formula is C19H18F2N4OS. The summed E-state index contributed by atoms with van der Waals surface area (Å²) in [5, 5.41) is 11.5. The second-order valence-corrected chi connectivity index (χ2v) is 7.04. The van der Waals surface area contributed by atoms with E-state index in [0.717, 1.165) is 0 Å². The van der Waals surface area contributed by atoms with Crippen molar-refractivity contribution in [2.75, 3.05) is 11.1 Å². The quantitative estimate of drug-likeness (QED) is 0.630. The molecule has 0 fully saturated rings. The van der Waals surface area contributed by atoms with Crippen LogP contribution in [0.15, 0.2) is 53.7 Å². The number of nitrogens with one attached hydrogen (secondary N) is 1. The lowest BCUT2D eigenvalue weighted by molar-refractivity contribution is -0.113. The van der Waals surface area contributed by atoms with Gasteiger partial charge >= 0.3 is 0 Å². The fourth-order valence-electron chi connectivity index (χ4n) is 2.53. The molecule has 0 unspecified atom stereocenters. The Kier molecular flexibility index (Phi) is 5.85. The van der Waals surface area contributed by atoms with Crippen molar-refractivity contribution in [1.82, 2.24) is 14.8 Å². The summed E-state index contributed by atoms with van der Waals surface area (Å²) in [7, 11) is 0. The zero-order chi connectivity index (χ0) is 19.4. The summed E-state index contributed by atoms with van der Waals surface area (Å²) in [5.41, 5.74) is 0.876. The van der Waals surface area contributed by atoms with E-state index in [2.05, 4.69) is 15.5 Å². The number of hydrogen-bond donors (Lipinski definition) is 1. The third-order valence-electron chi connectivity index (χ3n) is 3.76. The van der Waals surface area contributed by atoms with E-state index in [1.807, 2.05) is 13.8 Å². The van der Waals surface area contributed by atoms with Gasteiger partial charge in [-0.25, -0.2) is 8.78 Å². The van der Waals surface area contributed by atoms with Gasteiger partial charge in [0.25, 0.3) is 0 Å². The van der Waals surface area contributed by atoms with E-state index in [4.69, 9.17) is 0 Å². The van der Waals surface area contributed by atoms with Crippen LogP contribution in [0, 0.1) is 11.6 Å². The largest absolute Gasteiger partial charge is 0.325 e. The van der Waals surface area contributed by atoms with Crippen molar-refractivity contribution in [1.29, 1.82) is 0 Å². The number of anilines is 1. The van der Waals surface area contributed by atoms with Crippen LogP contribution in [0.4, 0.5) is 14.5 Å². The molecule has 0 saturated heterocycles. The molecular weight excluding hydrogens is 370 g/mol. The number of benzene rings is 2. The number of nitrogens with zero attached hydrogens (tertiary/aromatic N) is 3. The number of carbonyl (C=O) groups is 1. The zero-order valence-electron chi connectivity index (χ0n) is 14.8. The van der Waals surface area contributed by atoms with Crippen molar-refractivity contribution in [3.8, 4) is 11.4 Å². The topological polar surface area (TPSA) is 59.8 Å². The van der Waals surface area contributed by atoms with Crippen molar-refractivity contribution >= 4 is 23.4 Å². The van der Waals surface area contributed by atoms with Gasteiger partial charge in [-0.1, -0.05) is 23.9 Å². The highest BCUT2D eigenvalue weighted by molar-refractivity contribution is 7.99. The van der Waals surface area contributed by atoms with Crippen molar-refractivity contribution in [3.05, 3.63) is 60.2 Å². The molecule has 1 aromatic heterocycles. The lowest BCUT2D eigenvalue weighted by Gasteiger charge is -2.14. The van der Waals surface area contributed by atoms with Crippen LogP contribution in [0.2, 0.25) is 0 Å². The number of rotatable bonds is 6. The molecule has 0 aliphatic heterocycles. The van der Waals surface area contributed by atoms with E-state index in [1.54, 1.807) is 22.8 Å². The van der Waals surface area contributed by atoms with Crippen LogP contribution >= 0.6 is 11.8 Å². The van der Waals surface area contributed by atoms with Crippen molar-refractivity contribution in [3.63, 3.8) is 0 Å². The Hall–Kier alpha value is -2.74. The standard InChI is InChI=1S/C19H18F2N4OS/c1-12(2)25-18(15-5-3-4-6-16(15)21)23-24-19(25)27-11-17(26)22-14-9-7-13(20)8-10-14/h3-10,12H,11H2,1-2H3,(H,22,26). The summed E-state index contributed by atoms with van der Waals surface area (Å²) < 4.78 is 28.9. The number of halogens is 2. The molecule has 8 heteroatoms. The lowest BCUT2D eigenvalue weighted by atomic mass is 10.2. The molecule has 0 bridgehead atoms. The summed E-state index contributed by atoms with van der Waals surface area (Å²) >= 11 is 1.21. The molecule has 3 rings (SSSR count). The minimum absolute atomic E-state index is 0.0164. The van der Waals surface area contributed by atoms with Gasteiger partial charge < -0.3 is 5.32 Å². The van der Waals surface area contributed by atoms with Gasteiger partial charge in [-0.05, 0) is 50.2 Å². The fourth-order valence-corrected chi connectivity index (χ4v) is 3.39. The monoisotopic (exact) mass is 388 g/mol. The first kappa shape index (κ1) is 19.0. The van der Waals surface area contributed by atoms with E-state index in [0.29, 0.717) is 22.2 Å². The number of carbonyl (C=O) groups excluding carboxylic acids is 1. The Balaban J connectivity index is 1.74. The summed E-state index contributed by atoms with van der Waals surface area (Å²) in [4.78, 5) is 12.1. The Morgan fingerprint density at radius 2 is 1.81 bits per heavy atom. The van der Waals surface area contributed by atoms with E-state index >= 15 is 0 Å². The van der Waals surface area contributed by atoms with Gasteiger partial charge in [0.2, 0.25) is 5.91 Å². The van der Waals surface area contributed by atoms with E-state index in [1.165, 1.54) is 42.1 Å².